The standard InChI is InChI=1S/C17H31N7O5/c1-9(18)13(25)22-10(2)15(27)24-8-4-6-12(24)14(26)23-11(16(28)29)5-3-7-21-17(19)20/h9-12H,3-8,18H2,1-2H3,(H,22,25)(H,23,26)(H,28,29)(H4,19,20,21). The number of hydrogen-bond acceptors (Lipinski definition) is 6. The van der Waals surface area contributed by atoms with Crippen molar-refractivity contribution in [2.45, 2.75) is 63.7 Å². The van der Waals surface area contributed by atoms with Crippen LogP contribution in [0, 0.1) is 0 Å². The Hall–Kier alpha value is -2.89. The van der Waals surface area contributed by atoms with Crippen LogP contribution >= 0.6 is 0 Å². The van der Waals surface area contributed by atoms with Crippen molar-refractivity contribution in [3.05, 3.63) is 0 Å². The van der Waals surface area contributed by atoms with Gasteiger partial charge in [0, 0.05) is 13.1 Å². The van der Waals surface area contributed by atoms with Gasteiger partial charge in [-0.05, 0) is 39.5 Å². The first-order valence-corrected chi connectivity index (χ1v) is 9.49. The lowest BCUT2D eigenvalue weighted by Crippen LogP contribution is -2.55. The van der Waals surface area contributed by atoms with Gasteiger partial charge in [0.1, 0.15) is 18.1 Å². The van der Waals surface area contributed by atoms with Crippen LogP contribution in [0.5, 0.6) is 0 Å². The molecule has 164 valence electrons. The lowest BCUT2D eigenvalue weighted by molar-refractivity contribution is -0.144. The van der Waals surface area contributed by atoms with E-state index in [9.17, 15) is 24.3 Å². The van der Waals surface area contributed by atoms with Crippen molar-refractivity contribution >= 4 is 29.7 Å². The minimum Gasteiger partial charge on any atom is -0.480 e. The normalized spacial score (nSPS) is 19.0. The molecule has 0 aromatic carbocycles. The average molecular weight is 413 g/mol. The Bertz CT molecular complexity index is 648. The van der Waals surface area contributed by atoms with Gasteiger partial charge in [0.25, 0.3) is 0 Å². The third kappa shape index (κ3) is 7.56. The topological polar surface area (TPSA) is 206 Å². The van der Waals surface area contributed by atoms with Crippen molar-refractivity contribution in [1.82, 2.24) is 15.5 Å². The molecule has 0 saturated carbocycles. The summed E-state index contributed by atoms with van der Waals surface area (Å²) >= 11 is 0. The van der Waals surface area contributed by atoms with Crippen LogP contribution in [0.15, 0.2) is 4.99 Å². The summed E-state index contributed by atoms with van der Waals surface area (Å²) in [6.07, 6.45) is 1.51. The van der Waals surface area contributed by atoms with E-state index in [1.54, 1.807) is 0 Å². The summed E-state index contributed by atoms with van der Waals surface area (Å²) in [6.45, 7) is 3.60. The quantitative estimate of drug-likeness (QED) is 0.127. The first-order valence-electron chi connectivity index (χ1n) is 9.49. The number of carboxylic acid groups (broad SMARTS) is 1. The molecule has 0 spiro atoms. The Labute approximate surface area is 169 Å². The van der Waals surface area contributed by atoms with E-state index in [1.165, 1.54) is 18.7 Å². The molecule has 9 N–H and O–H groups in total. The molecule has 12 heteroatoms. The minimum atomic E-state index is -1.18. The van der Waals surface area contributed by atoms with Gasteiger partial charge in [-0.3, -0.25) is 19.4 Å². The Morgan fingerprint density at radius 3 is 2.41 bits per heavy atom. The summed E-state index contributed by atoms with van der Waals surface area (Å²) in [4.78, 5) is 53.6. The van der Waals surface area contributed by atoms with Gasteiger partial charge >= 0.3 is 5.97 Å². The van der Waals surface area contributed by atoms with E-state index in [0.717, 1.165) is 0 Å². The first kappa shape index (κ1) is 24.1. The lowest BCUT2D eigenvalue weighted by Gasteiger charge is -2.28. The first-order chi connectivity index (χ1) is 13.5. The number of carbonyl (C=O) groups is 4. The molecule has 0 radical (unpaired) electrons. The number of guanidine groups is 1. The number of carboxylic acids is 1. The van der Waals surface area contributed by atoms with Gasteiger partial charge in [-0.1, -0.05) is 0 Å². The van der Waals surface area contributed by atoms with E-state index in [0.29, 0.717) is 25.8 Å². The van der Waals surface area contributed by atoms with Crippen LogP contribution in [0.4, 0.5) is 0 Å². The molecular weight excluding hydrogens is 382 g/mol. The largest absolute Gasteiger partial charge is 0.480 e. The van der Waals surface area contributed by atoms with Crippen LogP contribution in [-0.4, -0.2) is 76.9 Å². The maximum Gasteiger partial charge on any atom is 0.326 e. The second-order valence-corrected chi connectivity index (χ2v) is 7.06. The summed E-state index contributed by atoms with van der Waals surface area (Å²) in [5.41, 5.74) is 15.9. The van der Waals surface area contributed by atoms with Crippen LogP contribution in [0.1, 0.15) is 39.5 Å². The summed E-state index contributed by atoms with van der Waals surface area (Å²) in [5.74, 6) is -2.72. The van der Waals surface area contributed by atoms with Crippen LogP contribution in [0.3, 0.4) is 0 Å². The van der Waals surface area contributed by atoms with Crippen molar-refractivity contribution in [2.75, 3.05) is 13.1 Å². The van der Waals surface area contributed by atoms with E-state index in [1.807, 2.05) is 0 Å². The number of aliphatic carboxylic acids is 1. The van der Waals surface area contributed by atoms with Gasteiger partial charge in [-0.25, -0.2) is 4.79 Å². The van der Waals surface area contributed by atoms with Crippen molar-refractivity contribution in [1.29, 1.82) is 0 Å². The maximum absolute atomic E-state index is 12.6. The summed E-state index contributed by atoms with van der Waals surface area (Å²) in [5, 5.41) is 14.3. The average Bonchev–Trinajstić information content (AvgIpc) is 3.12. The number of nitrogens with two attached hydrogens (primary N) is 3. The number of hydrogen-bond donors (Lipinski definition) is 6. The molecule has 4 unspecified atom stereocenters. The summed E-state index contributed by atoms with van der Waals surface area (Å²) in [7, 11) is 0. The number of carbonyl (C=O) groups excluding carboxylic acids is 3. The SMILES string of the molecule is CC(N)C(=O)NC(C)C(=O)N1CCCC1C(=O)NC(CCCN=C(N)N)C(=O)O. The molecule has 1 aliphatic heterocycles. The highest BCUT2D eigenvalue weighted by atomic mass is 16.4. The van der Waals surface area contributed by atoms with Crippen molar-refractivity contribution in [3.8, 4) is 0 Å². The van der Waals surface area contributed by atoms with Crippen molar-refractivity contribution < 1.29 is 24.3 Å². The number of likely N-dealkylation sites (tertiary alicyclic amines) is 1. The number of aliphatic imine (C=N–C) groups is 1. The Kier molecular flexibility index (Phi) is 9.32. The van der Waals surface area contributed by atoms with Crippen LogP contribution in [-0.2, 0) is 19.2 Å². The summed E-state index contributed by atoms with van der Waals surface area (Å²) < 4.78 is 0. The zero-order chi connectivity index (χ0) is 22.1. The third-order valence-corrected chi connectivity index (χ3v) is 4.54. The van der Waals surface area contributed by atoms with E-state index >= 15 is 0 Å². The number of amides is 3. The number of nitrogens with zero attached hydrogens (tertiary/aromatic N) is 2. The van der Waals surface area contributed by atoms with Crippen LogP contribution in [0.25, 0.3) is 0 Å². The molecule has 0 aromatic rings. The molecule has 0 bridgehead atoms. The second kappa shape index (κ2) is 11.2. The second-order valence-electron chi connectivity index (χ2n) is 7.06. The molecule has 1 saturated heterocycles. The fourth-order valence-electron chi connectivity index (χ4n) is 2.99. The van der Waals surface area contributed by atoms with Gasteiger partial charge in [0.15, 0.2) is 5.96 Å². The highest BCUT2D eigenvalue weighted by Crippen LogP contribution is 2.19. The fourth-order valence-corrected chi connectivity index (χ4v) is 2.99. The van der Waals surface area contributed by atoms with Gasteiger partial charge in [-0.2, -0.15) is 0 Å². The molecule has 1 rings (SSSR count). The number of rotatable bonds is 10. The molecule has 4 atom stereocenters. The monoisotopic (exact) mass is 413 g/mol. The van der Waals surface area contributed by atoms with Crippen LogP contribution < -0.4 is 27.8 Å². The van der Waals surface area contributed by atoms with Crippen molar-refractivity contribution in [3.63, 3.8) is 0 Å². The third-order valence-electron chi connectivity index (χ3n) is 4.54. The molecule has 12 nitrogen and oxygen atoms in total. The zero-order valence-corrected chi connectivity index (χ0v) is 16.8. The predicted molar refractivity (Wildman–Crippen MR) is 105 cm³/mol. The summed E-state index contributed by atoms with van der Waals surface area (Å²) in [6, 6.07) is -3.53. The van der Waals surface area contributed by atoms with Crippen LogP contribution in [0.2, 0.25) is 0 Å². The van der Waals surface area contributed by atoms with E-state index in [-0.39, 0.29) is 18.9 Å². The lowest BCUT2D eigenvalue weighted by atomic mass is 10.1. The molecule has 1 heterocycles. The molecule has 0 aromatic heterocycles. The zero-order valence-electron chi connectivity index (χ0n) is 16.8. The highest BCUT2D eigenvalue weighted by molar-refractivity contribution is 5.94. The van der Waals surface area contributed by atoms with Gasteiger partial charge < -0.3 is 37.8 Å². The van der Waals surface area contributed by atoms with E-state index in [4.69, 9.17) is 17.2 Å². The van der Waals surface area contributed by atoms with Gasteiger partial charge in [0.2, 0.25) is 17.7 Å². The smallest absolute Gasteiger partial charge is 0.326 e. The van der Waals surface area contributed by atoms with Crippen molar-refractivity contribution in [2.24, 2.45) is 22.2 Å². The number of nitrogens with one attached hydrogen (secondary N) is 2. The maximum atomic E-state index is 12.6. The molecule has 29 heavy (non-hydrogen) atoms. The molecule has 0 aliphatic carbocycles. The molecule has 3 amide bonds. The molecular formula is C17H31N7O5. The van der Waals surface area contributed by atoms with E-state index in [2.05, 4.69) is 15.6 Å². The Morgan fingerprint density at radius 1 is 1.21 bits per heavy atom. The van der Waals surface area contributed by atoms with Gasteiger partial charge in [0.05, 0.1) is 6.04 Å². The molecule has 1 aliphatic rings. The Balaban J connectivity index is 2.70. The fraction of sp³-hybridized carbons (Fsp3) is 0.706. The van der Waals surface area contributed by atoms with E-state index < -0.39 is 47.9 Å². The Morgan fingerprint density at radius 2 is 1.86 bits per heavy atom. The highest BCUT2D eigenvalue weighted by Gasteiger charge is 2.37. The predicted octanol–water partition coefficient (Wildman–Crippen LogP) is -2.55. The minimum absolute atomic E-state index is 0.0914. The van der Waals surface area contributed by atoms with Gasteiger partial charge in [-0.15, -0.1) is 0 Å². The molecule has 1 fully saturated rings.